The van der Waals surface area contributed by atoms with Crippen LogP contribution in [0.15, 0.2) is 28.7 Å². The maximum atomic E-state index is 11.6. The molecule has 1 aromatic carbocycles. The summed E-state index contributed by atoms with van der Waals surface area (Å²) < 4.78 is 5.83. The fourth-order valence-corrected chi connectivity index (χ4v) is 2.19. The molecule has 1 aromatic heterocycles. The summed E-state index contributed by atoms with van der Waals surface area (Å²) in [7, 11) is 1.57. The first-order valence-electron chi connectivity index (χ1n) is 6.21. The van der Waals surface area contributed by atoms with Gasteiger partial charge in [-0.1, -0.05) is 15.9 Å². The fraction of sp³-hybridized carbons (Fsp3) is 0.286. The number of fused-ring (bicyclic) bond motifs is 1. The molecule has 0 aliphatic rings. The molecule has 106 valence electrons. The predicted octanol–water partition coefficient (Wildman–Crippen LogP) is 2.79. The molecule has 0 atom stereocenters. The molecule has 0 aliphatic carbocycles. The molecule has 2 rings (SSSR count). The summed E-state index contributed by atoms with van der Waals surface area (Å²) in [6.45, 7) is 2.31. The topological polar surface area (TPSA) is 63.2 Å². The Hall–Kier alpha value is -1.66. The third-order valence-electron chi connectivity index (χ3n) is 2.77. The number of nitrogens with one attached hydrogen (secondary N) is 2. The van der Waals surface area contributed by atoms with E-state index in [1.54, 1.807) is 7.11 Å². The van der Waals surface area contributed by atoms with Crippen LogP contribution in [0.3, 0.4) is 0 Å². The number of aryl methyl sites for hydroxylation is 1. The van der Waals surface area contributed by atoms with Crippen LogP contribution in [0.2, 0.25) is 0 Å². The largest absolute Gasteiger partial charge is 0.384 e. The van der Waals surface area contributed by atoms with Gasteiger partial charge in [0.05, 0.1) is 24.2 Å². The van der Waals surface area contributed by atoms with Crippen LogP contribution in [0.5, 0.6) is 0 Å². The van der Waals surface area contributed by atoms with Crippen LogP contribution in [-0.4, -0.2) is 24.6 Å². The maximum Gasteiger partial charge on any atom is 0.240 e. The van der Waals surface area contributed by atoms with Gasteiger partial charge in [0.2, 0.25) is 5.91 Å². The summed E-state index contributed by atoms with van der Waals surface area (Å²) in [6.07, 6.45) is 0.315. The highest BCUT2D eigenvalue weighted by Crippen LogP contribution is 2.25. The van der Waals surface area contributed by atoms with Gasteiger partial charge in [0, 0.05) is 22.7 Å². The number of hydrogen-bond donors (Lipinski definition) is 2. The lowest BCUT2D eigenvalue weighted by atomic mass is 10.1. The number of nitrogens with zero attached hydrogens (tertiary/aromatic N) is 1. The Morgan fingerprint density at radius 2 is 2.20 bits per heavy atom. The second-order valence-corrected chi connectivity index (χ2v) is 5.30. The van der Waals surface area contributed by atoms with E-state index in [2.05, 4.69) is 31.8 Å². The number of methoxy groups -OCH3 is 1. The van der Waals surface area contributed by atoms with Gasteiger partial charge in [-0.2, -0.15) is 0 Å². The molecule has 20 heavy (non-hydrogen) atoms. The number of amides is 1. The molecule has 0 fully saturated rings. The van der Waals surface area contributed by atoms with Crippen molar-refractivity contribution in [3.05, 3.63) is 34.4 Å². The molecule has 0 unspecified atom stereocenters. The number of ether oxygens (including phenoxy) is 1. The molecule has 0 bridgehead atoms. The summed E-state index contributed by atoms with van der Waals surface area (Å²) in [4.78, 5) is 16.0. The summed E-state index contributed by atoms with van der Waals surface area (Å²) in [6, 6.07) is 7.73. The van der Waals surface area contributed by atoms with Crippen molar-refractivity contribution in [3.8, 4) is 0 Å². The molecule has 5 nitrogen and oxygen atoms in total. The Morgan fingerprint density at radius 3 is 2.95 bits per heavy atom. The van der Waals surface area contributed by atoms with E-state index >= 15 is 0 Å². The highest BCUT2D eigenvalue weighted by molar-refractivity contribution is 9.10. The lowest BCUT2D eigenvalue weighted by molar-refractivity contribution is -0.121. The molecular formula is C14H16BrN3O2. The molecule has 0 saturated carbocycles. The highest BCUT2D eigenvalue weighted by atomic mass is 79.9. The van der Waals surface area contributed by atoms with Gasteiger partial charge in [-0.15, -0.1) is 0 Å². The fourth-order valence-electron chi connectivity index (χ4n) is 1.83. The van der Waals surface area contributed by atoms with E-state index in [0.29, 0.717) is 13.0 Å². The number of halogens is 1. The quantitative estimate of drug-likeness (QED) is 0.823. The van der Waals surface area contributed by atoms with Crippen molar-refractivity contribution >= 4 is 38.4 Å². The summed E-state index contributed by atoms with van der Waals surface area (Å²) in [5.74, 6) is -0.121. The van der Waals surface area contributed by atoms with Crippen molar-refractivity contribution in [2.24, 2.45) is 0 Å². The van der Waals surface area contributed by atoms with E-state index in [1.165, 1.54) is 0 Å². The maximum absolute atomic E-state index is 11.6. The van der Waals surface area contributed by atoms with Gasteiger partial charge in [-0.05, 0) is 31.2 Å². The molecular weight excluding hydrogens is 322 g/mol. The van der Waals surface area contributed by atoms with Crippen LogP contribution in [-0.2, 0) is 9.53 Å². The van der Waals surface area contributed by atoms with Crippen molar-refractivity contribution in [1.82, 2.24) is 10.4 Å². The first-order valence-corrected chi connectivity index (χ1v) is 7.00. The van der Waals surface area contributed by atoms with Crippen molar-refractivity contribution in [2.45, 2.75) is 13.3 Å². The number of hydrogen-bond acceptors (Lipinski definition) is 4. The third-order valence-corrected chi connectivity index (χ3v) is 3.26. The third kappa shape index (κ3) is 3.68. The van der Waals surface area contributed by atoms with Crippen molar-refractivity contribution in [2.75, 3.05) is 19.1 Å². The van der Waals surface area contributed by atoms with Crippen LogP contribution < -0.4 is 10.9 Å². The minimum Gasteiger partial charge on any atom is -0.384 e. The standard InChI is InChI=1S/C14H16BrN3O2/c1-9-7-13(17-18-14(19)5-6-20-2)11-8-10(15)3-4-12(11)16-9/h3-4,7-8H,5-6H2,1-2H3,(H,16,17)(H,18,19). The number of rotatable bonds is 5. The van der Waals surface area contributed by atoms with Crippen molar-refractivity contribution in [1.29, 1.82) is 0 Å². The first-order chi connectivity index (χ1) is 9.60. The molecule has 6 heteroatoms. The minimum atomic E-state index is -0.121. The highest BCUT2D eigenvalue weighted by Gasteiger charge is 2.06. The number of carbonyl (C=O) groups is 1. The second-order valence-electron chi connectivity index (χ2n) is 4.39. The number of aromatic nitrogens is 1. The summed E-state index contributed by atoms with van der Waals surface area (Å²) in [5.41, 5.74) is 8.19. The van der Waals surface area contributed by atoms with Crippen LogP contribution in [0.1, 0.15) is 12.1 Å². The smallest absolute Gasteiger partial charge is 0.240 e. The normalized spacial score (nSPS) is 10.6. The van der Waals surface area contributed by atoms with Gasteiger partial charge in [0.15, 0.2) is 0 Å². The Labute approximate surface area is 125 Å². The van der Waals surface area contributed by atoms with Gasteiger partial charge in [-0.3, -0.25) is 20.6 Å². The number of hydrazine groups is 1. The number of benzene rings is 1. The zero-order chi connectivity index (χ0) is 14.5. The summed E-state index contributed by atoms with van der Waals surface area (Å²) in [5, 5.41) is 0.942. The second kappa shape index (κ2) is 6.67. The minimum absolute atomic E-state index is 0.121. The van der Waals surface area contributed by atoms with E-state index < -0.39 is 0 Å². The average Bonchev–Trinajstić information content (AvgIpc) is 2.43. The molecule has 0 spiro atoms. The van der Waals surface area contributed by atoms with E-state index in [1.807, 2.05) is 31.2 Å². The lowest BCUT2D eigenvalue weighted by Crippen LogP contribution is -2.30. The number of carbonyl (C=O) groups excluding carboxylic acids is 1. The van der Waals surface area contributed by atoms with Gasteiger partial charge >= 0.3 is 0 Å². The zero-order valence-electron chi connectivity index (χ0n) is 11.4. The van der Waals surface area contributed by atoms with Gasteiger partial charge in [0.1, 0.15) is 0 Å². The van der Waals surface area contributed by atoms with Gasteiger partial charge < -0.3 is 4.74 Å². The van der Waals surface area contributed by atoms with E-state index in [-0.39, 0.29) is 5.91 Å². The molecule has 1 heterocycles. The molecule has 0 saturated heterocycles. The molecule has 1 amide bonds. The van der Waals surface area contributed by atoms with Crippen LogP contribution in [0.25, 0.3) is 10.9 Å². The first kappa shape index (κ1) is 14.7. The van der Waals surface area contributed by atoms with Crippen molar-refractivity contribution in [3.63, 3.8) is 0 Å². The SMILES string of the molecule is COCCC(=O)NNc1cc(C)nc2ccc(Br)cc12. The summed E-state index contributed by atoms with van der Waals surface area (Å²) >= 11 is 3.44. The van der Waals surface area contributed by atoms with Gasteiger partial charge in [-0.25, -0.2) is 0 Å². The number of pyridine rings is 1. The van der Waals surface area contributed by atoms with Crippen LogP contribution >= 0.6 is 15.9 Å². The molecule has 0 radical (unpaired) electrons. The van der Waals surface area contributed by atoms with Crippen molar-refractivity contribution < 1.29 is 9.53 Å². The van der Waals surface area contributed by atoms with E-state index in [0.717, 1.165) is 26.8 Å². The molecule has 2 aromatic rings. The van der Waals surface area contributed by atoms with Crippen LogP contribution in [0, 0.1) is 6.92 Å². The Bertz CT molecular complexity index is 631. The van der Waals surface area contributed by atoms with Gasteiger partial charge in [0.25, 0.3) is 0 Å². The molecule has 2 N–H and O–H groups in total. The number of anilines is 1. The zero-order valence-corrected chi connectivity index (χ0v) is 13.0. The Morgan fingerprint density at radius 1 is 1.40 bits per heavy atom. The Kier molecular flexibility index (Phi) is 4.92. The van der Waals surface area contributed by atoms with E-state index in [4.69, 9.17) is 4.74 Å². The Balaban J connectivity index is 2.20. The average molecular weight is 338 g/mol. The van der Waals surface area contributed by atoms with Crippen LogP contribution in [0.4, 0.5) is 5.69 Å². The van der Waals surface area contributed by atoms with E-state index in [9.17, 15) is 4.79 Å². The monoisotopic (exact) mass is 337 g/mol. The lowest BCUT2D eigenvalue weighted by Gasteiger charge is -2.12. The predicted molar refractivity (Wildman–Crippen MR) is 82.4 cm³/mol. The molecule has 0 aliphatic heterocycles.